The highest BCUT2D eigenvalue weighted by molar-refractivity contribution is 7.81. The van der Waals surface area contributed by atoms with E-state index in [1.165, 1.54) is 21.0 Å². The van der Waals surface area contributed by atoms with Crippen molar-refractivity contribution in [2.75, 3.05) is 20.3 Å². The number of nitrogens with one attached hydrogen (secondary N) is 7. The van der Waals surface area contributed by atoms with E-state index >= 15 is 0 Å². The van der Waals surface area contributed by atoms with Crippen molar-refractivity contribution in [3.05, 3.63) is 22.2 Å². The number of Topliss-reactive ketones (excluding diaryl/α,β-unsaturated/α-hetero) is 1. The first-order valence-electron chi connectivity index (χ1n) is 27.1. The van der Waals surface area contributed by atoms with Crippen LogP contribution in [-0.4, -0.2) is 201 Å². The zero-order chi connectivity index (χ0) is 63.3. The van der Waals surface area contributed by atoms with Crippen LogP contribution < -0.4 is 41.4 Å². The fourth-order valence-electron chi connectivity index (χ4n) is 9.89. The summed E-state index contributed by atoms with van der Waals surface area (Å²) < 4.78 is 54.3. The van der Waals surface area contributed by atoms with Crippen LogP contribution in [0.3, 0.4) is 0 Å². The molecule has 0 radical (unpaired) electrons. The van der Waals surface area contributed by atoms with Crippen molar-refractivity contribution >= 4 is 69.1 Å². The van der Waals surface area contributed by atoms with Crippen LogP contribution in [0.15, 0.2) is 6.07 Å². The number of ketones is 1. The molecule has 472 valence electrons. The number of methoxy groups -OCH3 is 1. The van der Waals surface area contributed by atoms with Gasteiger partial charge < -0.3 is 91.4 Å². The number of amides is 7. The number of halogens is 1. The van der Waals surface area contributed by atoms with Gasteiger partial charge in [-0.05, 0) is 71.3 Å². The van der Waals surface area contributed by atoms with Gasteiger partial charge in [0.05, 0.1) is 55.1 Å². The van der Waals surface area contributed by atoms with E-state index in [4.69, 9.17) is 25.8 Å². The van der Waals surface area contributed by atoms with Gasteiger partial charge in [0.2, 0.25) is 41.4 Å². The van der Waals surface area contributed by atoms with Crippen molar-refractivity contribution < 1.29 is 105 Å². The summed E-state index contributed by atoms with van der Waals surface area (Å²) in [7, 11) is -3.99. The maximum atomic E-state index is 14.4. The van der Waals surface area contributed by atoms with Crippen molar-refractivity contribution in [3.63, 3.8) is 0 Å². The summed E-state index contributed by atoms with van der Waals surface area (Å²) in [6, 6.07) is -9.16. The van der Waals surface area contributed by atoms with Crippen molar-refractivity contribution in [2.24, 2.45) is 29.6 Å². The summed E-state index contributed by atoms with van der Waals surface area (Å²) in [6.45, 7) is 14.9. The van der Waals surface area contributed by atoms with Crippen LogP contribution in [-0.2, 0) is 63.0 Å². The normalized spacial score (nSPS) is 27.0. The molecule has 15 N–H and O–H groups in total. The molecule has 83 heavy (non-hydrogen) atoms. The molecule has 1 aromatic rings. The molecule has 0 spiro atoms. The first-order valence-corrected chi connectivity index (χ1v) is 28.9. The third kappa shape index (κ3) is 19.8. The van der Waals surface area contributed by atoms with Crippen LogP contribution in [0.4, 0.5) is 0 Å². The van der Waals surface area contributed by atoms with E-state index < -0.39 is 214 Å². The van der Waals surface area contributed by atoms with Crippen LogP contribution >= 0.6 is 11.6 Å². The standard InChI is InChI=1S/C52H84ClN7O22S/c1-13-21(3)37-48(72)54-18-35(66)55-26(8)38(49(73)60-40(51(75)58-37)30-16-32(82-83(76,77)78)24(6)42(68)36(30)53)59-47(71)27(9)56-50(74)39(28(10)62)57-34(65)17-31(64)22(4)14-20(2)15-23(5)41(67)25(7)45(29(11)63)81-52-44(70)43(69)46(79-12)33(19-61)80-52/h16,20-23,25-29,33,37-41,43-46,52,61-63,67-70H,13-15,17-19H2,1-12H3,(H,54,72)(H,55,66)(H,56,74)(H,57,65)(H,58,75)(H,59,71)(H,60,73)(H,76,77,78)/t20?,21-,22?,23-,25-,26+,27-,28+,29+,33+,37-,38+,39+,40+,41+,43+,44+,45-,46+,52-/m0/s1. The Bertz CT molecular complexity index is 2560. The molecular formula is C52H84ClN7O22S. The van der Waals surface area contributed by atoms with Crippen LogP contribution in [0, 0.1) is 36.5 Å². The number of hydrogen-bond donors (Lipinski definition) is 15. The predicted molar refractivity (Wildman–Crippen MR) is 293 cm³/mol. The first-order chi connectivity index (χ1) is 38.5. The van der Waals surface area contributed by atoms with Gasteiger partial charge >= 0.3 is 10.4 Å². The molecule has 3 rings (SSSR count). The molecule has 2 aliphatic heterocycles. The minimum atomic E-state index is -5.26. The van der Waals surface area contributed by atoms with E-state index in [2.05, 4.69) is 41.4 Å². The van der Waals surface area contributed by atoms with Gasteiger partial charge in [-0.25, -0.2) is 0 Å². The van der Waals surface area contributed by atoms with Gasteiger partial charge in [0.15, 0.2) is 12.0 Å². The highest BCUT2D eigenvalue weighted by Gasteiger charge is 2.48. The molecule has 2 fully saturated rings. The number of aromatic hydroxyl groups is 1. The molecule has 29 nitrogen and oxygen atoms in total. The summed E-state index contributed by atoms with van der Waals surface area (Å²) in [5.74, 6) is -12.2. The number of phenolic OH excluding ortho intramolecular Hbond substituents is 1. The van der Waals surface area contributed by atoms with Crippen LogP contribution in [0.1, 0.15) is 112 Å². The molecule has 2 unspecified atom stereocenters. The molecular weight excluding hydrogens is 1140 g/mol. The number of aliphatic hydroxyl groups excluding tert-OH is 6. The van der Waals surface area contributed by atoms with Crippen molar-refractivity contribution in [3.8, 4) is 11.5 Å². The Kier molecular flexibility index (Phi) is 27.4. The van der Waals surface area contributed by atoms with E-state index in [0.29, 0.717) is 12.8 Å². The number of hydrogen-bond acceptors (Lipinski definition) is 21. The van der Waals surface area contributed by atoms with Gasteiger partial charge in [0.1, 0.15) is 66.2 Å². The second-order valence-corrected chi connectivity index (χ2v) is 23.2. The molecule has 7 amide bonds. The van der Waals surface area contributed by atoms with Crippen LogP contribution in [0.2, 0.25) is 5.02 Å². The molecule has 20 atom stereocenters. The van der Waals surface area contributed by atoms with E-state index in [9.17, 15) is 87.1 Å². The average molecular weight is 1230 g/mol. The molecule has 2 saturated heterocycles. The maximum absolute atomic E-state index is 14.4. The lowest BCUT2D eigenvalue weighted by Crippen LogP contribution is -2.62. The van der Waals surface area contributed by atoms with Gasteiger partial charge in [-0.2, -0.15) is 8.42 Å². The Hall–Kier alpha value is -5.38. The largest absolute Gasteiger partial charge is 0.506 e. The maximum Gasteiger partial charge on any atom is 0.446 e. The Morgan fingerprint density at radius 3 is 2.06 bits per heavy atom. The lowest BCUT2D eigenvalue weighted by Gasteiger charge is -2.44. The quantitative estimate of drug-likeness (QED) is 0.0339. The molecule has 0 aromatic heterocycles. The van der Waals surface area contributed by atoms with E-state index in [-0.39, 0.29) is 17.9 Å². The summed E-state index contributed by atoms with van der Waals surface area (Å²) in [6.07, 6.45) is -11.6. The molecule has 2 aliphatic rings. The molecule has 31 heteroatoms. The lowest BCUT2D eigenvalue weighted by molar-refractivity contribution is -0.325. The summed E-state index contributed by atoms with van der Waals surface area (Å²) in [4.78, 5) is 109. The fourth-order valence-corrected chi connectivity index (χ4v) is 10.6. The van der Waals surface area contributed by atoms with E-state index in [0.717, 1.165) is 26.8 Å². The third-order valence-corrected chi connectivity index (χ3v) is 15.7. The summed E-state index contributed by atoms with van der Waals surface area (Å²) in [5.41, 5.74) is -0.854. The summed E-state index contributed by atoms with van der Waals surface area (Å²) >= 11 is 6.48. The highest BCUT2D eigenvalue weighted by Crippen LogP contribution is 2.41. The van der Waals surface area contributed by atoms with Gasteiger partial charge in [-0.3, -0.25) is 42.9 Å². The zero-order valence-corrected chi connectivity index (χ0v) is 50.0. The molecule has 2 heterocycles. The third-order valence-electron chi connectivity index (χ3n) is 15.0. The summed E-state index contributed by atoms with van der Waals surface area (Å²) in [5, 5.41) is 90.7. The number of phenols is 1. The van der Waals surface area contributed by atoms with Crippen molar-refractivity contribution in [1.82, 2.24) is 37.2 Å². The fraction of sp³-hybridized carbons (Fsp3) is 0.731. The Morgan fingerprint density at radius 2 is 1.51 bits per heavy atom. The molecule has 1 aromatic carbocycles. The molecule has 0 aliphatic carbocycles. The second kappa shape index (κ2) is 31.7. The Balaban J connectivity index is 1.75. The van der Waals surface area contributed by atoms with Gasteiger partial charge in [-0.1, -0.05) is 59.6 Å². The van der Waals surface area contributed by atoms with Crippen LogP contribution in [0.25, 0.3) is 0 Å². The van der Waals surface area contributed by atoms with Crippen LogP contribution in [0.5, 0.6) is 11.5 Å². The monoisotopic (exact) mass is 1230 g/mol. The first kappa shape index (κ1) is 71.9. The zero-order valence-electron chi connectivity index (χ0n) is 48.4. The van der Waals surface area contributed by atoms with Crippen molar-refractivity contribution in [1.29, 1.82) is 0 Å². The molecule has 0 saturated carbocycles. The highest BCUT2D eigenvalue weighted by atomic mass is 35.5. The number of carbonyl (C=O) groups is 8. The minimum Gasteiger partial charge on any atom is -0.506 e. The van der Waals surface area contributed by atoms with Crippen molar-refractivity contribution in [2.45, 2.75) is 193 Å². The Morgan fingerprint density at radius 1 is 0.880 bits per heavy atom. The second-order valence-electron chi connectivity index (χ2n) is 21.8. The number of benzene rings is 1. The average Bonchev–Trinajstić information content (AvgIpc) is 3.65. The molecule has 0 bridgehead atoms. The predicted octanol–water partition coefficient (Wildman–Crippen LogP) is -2.42. The smallest absolute Gasteiger partial charge is 0.446 e. The minimum absolute atomic E-state index is 0.227. The van der Waals surface area contributed by atoms with Gasteiger partial charge in [0.25, 0.3) is 0 Å². The van der Waals surface area contributed by atoms with E-state index in [1.807, 2.05) is 6.92 Å². The van der Waals surface area contributed by atoms with E-state index in [1.54, 1.807) is 34.6 Å². The number of ether oxygens (including phenoxy) is 3. The van der Waals surface area contributed by atoms with Gasteiger partial charge in [0, 0.05) is 30.1 Å². The number of rotatable bonds is 26. The topological polar surface area (TPSA) is 454 Å². The lowest BCUT2D eigenvalue weighted by atomic mass is 9.80. The Labute approximate surface area is 487 Å². The SMILES string of the molecule is CC[C@H](C)[C@@H]1NC(=O)[C@@H](c2cc(OS(=O)(=O)O)c(C)c(O)c2Cl)NC(=O)[C@H](NC(=O)[C@H](C)NC(=O)[C@H](NC(=O)CC(=O)C(C)CC(C)C[C@H](C)[C@@H](O)[C@H](C)[C@H](O[C@@H]2O[C@H](CO)[C@@H](OC)[C@H](O)[C@H]2O)[C@@H](C)O)[C@@H](C)O)[C@@H](C)NC(=O)CNC1=O. The number of aliphatic hydroxyl groups is 6. The number of carbonyl (C=O) groups excluding carboxylic acids is 8. The van der Waals surface area contributed by atoms with Gasteiger partial charge in [-0.15, -0.1) is 0 Å².